The van der Waals surface area contributed by atoms with E-state index in [9.17, 15) is 4.79 Å². The van der Waals surface area contributed by atoms with Crippen LogP contribution in [0.2, 0.25) is 0 Å². The second-order valence-electron chi connectivity index (χ2n) is 4.28. The maximum absolute atomic E-state index is 11.1. The molecule has 1 aromatic rings. The van der Waals surface area contributed by atoms with Gasteiger partial charge in [0.05, 0.1) is 26.4 Å². The molecule has 112 valence electrons. The third-order valence-corrected chi connectivity index (χ3v) is 2.64. The van der Waals surface area contributed by atoms with Crippen molar-refractivity contribution in [2.24, 2.45) is 0 Å². The van der Waals surface area contributed by atoms with Crippen LogP contribution in [-0.4, -0.2) is 55.6 Å². The highest BCUT2D eigenvalue weighted by atomic mass is 16.5. The average Bonchev–Trinajstić information content (AvgIpc) is 2.42. The standard InChI is InChI=1S/C14H22N2O4/c1-12(19)15-13-3-2-4-14(11-13)16(5-7-17)6-9-20-10-8-18/h2-4,11,17-18H,5-10H2,1H3,(H,15,19). The highest BCUT2D eigenvalue weighted by Crippen LogP contribution is 2.19. The monoisotopic (exact) mass is 282 g/mol. The third kappa shape index (κ3) is 6.01. The molecule has 6 nitrogen and oxygen atoms in total. The molecule has 0 heterocycles. The van der Waals surface area contributed by atoms with Crippen molar-refractivity contribution >= 4 is 17.3 Å². The molecule has 0 saturated carbocycles. The molecule has 0 aliphatic carbocycles. The van der Waals surface area contributed by atoms with Gasteiger partial charge in [0.15, 0.2) is 0 Å². The van der Waals surface area contributed by atoms with Gasteiger partial charge in [-0.05, 0) is 18.2 Å². The van der Waals surface area contributed by atoms with E-state index in [1.807, 2.05) is 29.2 Å². The highest BCUT2D eigenvalue weighted by molar-refractivity contribution is 5.89. The normalized spacial score (nSPS) is 10.3. The van der Waals surface area contributed by atoms with Crippen LogP contribution in [0.4, 0.5) is 11.4 Å². The van der Waals surface area contributed by atoms with Gasteiger partial charge in [-0.15, -0.1) is 0 Å². The van der Waals surface area contributed by atoms with E-state index in [0.717, 1.165) is 5.69 Å². The number of amides is 1. The van der Waals surface area contributed by atoms with E-state index in [-0.39, 0.29) is 19.1 Å². The average molecular weight is 282 g/mol. The Hall–Kier alpha value is -1.63. The molecule has 1 aromatic carbocycles. The molecule has 6 heteroatoms. The van der Waals surface area contributed by atoms with E-state index < -0.39 is 0 Å². The van der Waals surface area contributed by atoms with Crippen LogP contribution < -0.4 is 10.2 Å². The summed E-state index contributed by atoms with van der Waals surface area (Å²) >= 11 is 0. The van der Waals surface area contributed by atoms with Crippen LogP contribution >= 0.6 is 0 Å². The van der Waals surface area contributed by atoms with Crippen molar-refractivity contribution in [1.29, 1.82) is 0 Å². The van der Waals surface area contributed by atoms with Gasteiger partial charge >= 0.3 is 0 Å². The minimum absolute atomic E-state index is 0.00197. The van der Waals surface area contributed by atoms with E-state index in [1.54, 1.807) is 0 Å². The van der Waals surface area contributed by atoms with Gasteiger partial charge in [0.25, 0.3) is 0 Å². The Morgan fingerprint density at radius 2 is 2.05 bits per heavy atom. The van der Waals surface area contributed by atoms with Gasteiger partial charge in [-0.2, -0.15) is 0 Å². The predicted octanol–water partition coefficient (Wildman–Crippen LogP) is 0.453. The maximum atomic E-state index is 11.1. The topological polar surface area (TPSA) is 82.0 Å². The van der Waals surface area contributed by atoms with E-state index in [1.165, 1.54) is 6.92 Å². The van der Waals surface area contributed by atoms with Gasteiger partial charge in [-0.1, -0.05) is 6.07 Å². The molecule has 0 spiro atoms. The Bertz CT molecular complexity index is 412. The lowest BCUT2D eigenvalue weighted by Gasteiger charge is -2.24. The van der Waals surface area contributed by atoms with E-state index >= 15 is 0 Å². The predicted molar refractivity (Wildman–Crippen MR) is 77.9 cm³/mol. The lowest BCUT2D eigenvalue weighted by molar-refractivity contribution is -0.114. The second kappa shape index (κ2) is 9.30. The molecular weight excluding hydrogens is 260 g/mol. The summed E-state index contributed by atoms with van der Waals surface area (Å²) in [4.78, 5) is 13.0. The van der Waals surface area contributed by atoms with Crippen molar-refractivity contribution in [2.75, 3.05) is 49.7 Å². The summed E-state index contributed by atoms with van der Waals surface area (Å²) in [6.45, 7) is 3.34. The van der Waals surface area contributed by atoms with E-state index in [2.05, 4.69) is 5.32 Å². The number of nitrogens with zero attached hydrogens (tertiary/aromatic N) is 1. The summed E-state index contributed by atoms with van der Waals surface area (Å²) < 4.78 is 5.23. The van der Waals surface area contributed by atoms with Crippen molar-refractivity contribution in [3.8, 4) is 0 Å². The van der Waals surface area contributed by atoms with E-state index in [0.29, 0.717) is 32.0 Å². The summed E-state index contributed by atoms with van der Waals surface area (Å²) in [6.07, 6.45) is 0. The van der Waals surface area contributed by atoms with Gasteiger partial charge < -0.3 is 25.2 Å². The maximum Gasteiger partial charge on any atom is 0.221 e. The first-order valence-corrected chi connectivity index (χ1v) is 6.59. The Labute approximate surface area is 119 Å². The zero-order chi connectivity index (χ0) is 14.8. The van der Waals surface area contributed by atoms with Gasteiger partial charge in [-0.3, -0.25) is 4.79 Å². The lowest BCUT2D eigenvalue weighted by Crippen LogP contribution is -2.30. The largest absolute Gasteiger partial charge is 0.395 e. The Morgan fingerprint density at radius 3 is 2.70 bits per heavy atom. The third-order valence-electron chi connectivity index (χ3n) is 2.64. The summed E-state index contributed by atoms with van der Waals surface area (Å²) in [7, 11) is 0. The highest BCUT2D eigenvalue weighted by Gasteiger charge is 2.07. The molecule has 0 aliphatic rings. The van der Waals surface area contributed by atoms with Crippen molar-refractivity contribution in [1.82, 2.24) is 0 Å². The fourth-order valence-corrected chi connectivity index (χ4v) is 1.82. The van der Waals surface area contributed by atoms with Crippen LogP contribution in [0.1, 0.15) is 6.92 Å². The first-order valence-electron chi connectivity index (χ1n) is 6.59. The minimum atomic E-state index is -0.123. The lowest BCUT2D eigenvalue weighted by atomic mass is 10.2. The van der Waals surface area contributed by atoms with Gasteiger partial charge in [-0.25, -0.2) is 0 Å². The molecule has 0 aromatic heterocycles. The molecule has 20 heavy (non-hydrogen) atoms. The molecule has 0 unspecified atom stereocenters. The summed E-state index contributed by atoms with van der Waals surface area (Å²) in [6, 6.07) is 7.42. The van der Waals surface area contributed by atoms with Gasteiger partial charge in [0.1, 0.15) is 0 Å². The molecule has 0 fully saturated rings. The van der Waals surface area contributed by atoms with E-state index in [4.69, 9.17) is 14.9 Å². The van der Waals surface area contributed by atoms with Crippen molar-refractivity contribution in [2.45, 2.75) is 6.92 Å². The van der Waals surface area contributed by atoms with Gasteiger partial charge in [0, 0.05) is 31.4 Å². The van der Waals surface area contributed by atoms with Crippen LogP contribution in [0, 0.1) is 0 Å². The molecule has 3 N–H and O–H groups in total. The number of aliphatic hydroxyl groups excluding tert-OH is 2. The zero-order valence-electron chi connectivity index (χ0n) is 11.7. The number of hydrogen-bond acceptors (Lipinski definition) is 5. The molecule has 0 aliphatic heterocycles. The smallest absolute Gasteiger partial charge is 0.221 e. The van der Waals surface area contributed by atoms with Crippen LogP contribution in [0.15, 0.2) is 24.3 Å². The fourth-order valence-electron chi connectivity index (χ4n) is 1.82. The molecule has 0 radical (unpaired) electrons. The van der Waals surface area contributed by atoms with Crippen molar-refractivity contribution < 1.29 is 19.7 Å². The summed E-state index contributed by atoms with van der Waals surface area (Å²) in [5, 5.41) is 20.5. The number of hydrogen-bond donors (Lipinski definition) is 3. The first-order chi connectivity index (χ1) is 9.67. The van der Waals surface area contributed by atoms with Gasteiger partial charge in [0.2, 0.25) is 5.91 Å². The number of carbonyl (C=O) groups is 1. The summed E-state index contributed by atoms with van der Waals surface area (Å²) in [5.41, 5.74) is 1.62. The number of ether oxygens (including phenoxy) is 1. The molecule has 1 rings (SSSR count). The number of carbonyl (C=O) groups excluding carboxylic acids is 1. The number of nitrogens with one attached hydrogen (secondary N) is 1. The Balaban J connectivity index is 2.67. The number of rotatable bonds is 9. The van der Waals surface area contributed by atoms with Crippen LogP contribution in [0.25, 0.3) is 0 Å². The van der Waals surface area contributed by atoms with Crippen molar-refractivity contribution in [3.63, 3.8) is 0 Å². The molecule has 1 amide bonds. The van der Waals surface area contributed by atoms with Crippen molar-refractivity contribution in [3.05, 3.63) is 24.3 Å². The number of aliphatic hydroxyl groups is 2. The number of benzene rings is 1. The summed E-state index contributed by atoms with van der Waals surface area (Å²) in [5.74, 6) is -0.123. The molecular formula is C14H22N2O4. The molecule has 0 atom stereocenters. The number of anilines is 2. The quantitative estimate of drug-likeness (QED) is 0.573. The first kappa shape index (κ1) is 16.4. The van der Waals surface area contributed by atoms with Crippen LogP contribution in [0.3, 0.4) is 0 Å². The second-order valence-corrected chi connectivity index (χ2v) is 4.28. The zero-order valence-corrected chi connectivity index (χ0v) is 11.7. The SMILES string of the molecule is CC(=O)Nc1cccc(N(CCO)CCOCCO)c1. The Kier molecular flexibility index (Phi) is 7.64. The molecule has 0 bridgehead atoms. The van der Waals surface area contributed by atoms with Crippen LogP contribution in [-0.2, 0) is 9.53 Å². The minimum Gasteiger partial charge on any atom is -0.395 e. The van der Waals surface area contributed by atoms with Crippen LogP contribution in [0.5, 0.6) is 0 Å². The fraction of sp³-hybridized carbons (Fsp3) is 0.500. The molecule has 0 saturated heterocycles. The Morgan fingerprint density at radius 1 is 1.25 bits per heavy atom.